The number of ether oxygens (including phenoxy) is 1. The molecule has 1 unspecified atom stereocenters. The molecular weight excluding hydrogens is 398 g/mol. The van der Waals surface area contributed by atoms with Crippen LogP contribution in [0.5, 0.6) is 11.5 Å². The van der Waals surface area contributed by atoms with Crippen molar-refractivity contribution in [3.8, 4) is 11.5 Å². The number of nitrogens with zero attached hydrogens (tertiary/aromatic N) is 1. The maximum Gasteiger partial charge on any atom is 0.260 e. The molecule has 1 atom stereocenters. The Bertz CT molecular complexity index is 936. The fourth-order valence-electron chi connectivity index (χ4n) is 3.44. The number of hydrogen-bond donors (Lipinski definition) is 3. The lowest BCUT2D eigenvalue weighted by Gasteiger charge is -2.33. The molecule has 0 radical (unpaired) electrons. The minimum absolute atomic E-state index is 0.0341. The lowest BCUT2D eigenvalue weighted by atomic mass is 10.0. The minimum Gasteiger partial charge on any atom is -0.508 e. The number of likely N-dealkylation sites (tertiary alicyclic amines) is 1. The van der Waals surface area contributed by atoms with E-state index in [-0.39, 0.29) is 29.5 Å². The highest BCUT2D eigenvalue weighted by Crippen LogP contribution is 2.19. The lowest BCUT2D eigenvalue weighted by molar-refractivity contribution is -0.128. The number of amides is 3. The number of phenolic OH excluding ortho intramolecular Hbond substituents is 1. The molecule has 3 N–H and O–H groups in total. The number of anilines is 1. The van der Waals surface area contributed by atoms with Gasteiger partial charge in [0, 0.05) is 37.3 Å². The molecule has 3 amide bonds. The zero-order valence-corrected chi connectivity index (χ0v) is 17.6. The van der Waals surface area contributed by atoms with Crippen LogP contribution in [0.25, 0.3) is 0 Å². The second kappa shape index (κ2) is 9.97. The predicted octanol–water partition coefficient (Wildman–Crippen LogP) is 2.54. The van der Waals surface area contributed by atoms with Gasteiger partial charge in [-0.05, 0) is 62.2 Å². The van der Waals surface area contributed by atoms with Crippen molar-refractivity contribution in [2.75, 3.05) is 18.4 Å². The van der Waals surface area contributed by atoms with Gasteiger partial charge in [0.1, 0.15) is 11.5 Å². The first kappa shape index (κ1) is 22.1. The summed E-state index contributed by atoms with van der Waals surface area (Å²) in [6.07, 6.45) is 0.615. The highest BCUT2D eigenvalue weighted by molar-refractivity contribution is 5.96. The smallest absolute Gasteiger partial charge is 0.260 e. The first-order valence-corrected chi connectivity index (χ1v) is 10.2. The van der Waals surface area contributed by atoms with E-state index in [9.17, 15) is 19.5 Å². The Morgan fingerprint density at radius 3 is 2.42 bits per heavy atom. The summed E-state index contributed by atoms with van der Waals surface area (Å²) in [6, 6.07) is 13.0. The van der Waals surface area contributed by atoms with Crippen LogP contribution in [-0.2, 0) is 9.59 Å². The topological polar surface area (TPSA) is 108 Å². The third kappa shape index (κ3) is 6.21. The summed E-state index contributed by atoms with van der Waals surface area (Å²) in [5.74, 6) is 0.126. The summed E-state index contributed by atoms with van der Waals surface area (Å²) in [7, 11) is 0. The van der Waals surface area contributed by atoms with Gasteiger partial charge in [0.05, 0.1) is 0 Å². The number of piperidine rings is 1. The van der Waals surface area contributed by atoms with Gasteiger partial charge in [-0.15, -0.1) is 0 Å². The molecule has 1 heterocycles. The number of hydrogen-bond acceptors (Lipinski definition) is 5. The van der Waals surface area contributed by atoms with Crippen molar-refractivity contribution in [3.63, 3.8) is 0 Å². The van der Waals surface area contributed by atoms with Crippen LogP contribution in [0.4, 0.5) is 5.69 Å². The van der Waals surface area contributed by atoms with E-state index in [0.29, 0.717) is 42.9 Å². The fourth-order valence-corrected chi connectivity index (χ4v) is 3.44. The van der Waals surface area contributed by atoms with Gasteiger partial charge in [-0.25, -0.2) is 0 Å². The second-order valence-corrected chi connectivity index (χ2v) is 7.59. The van der Waals surface area contributed by atoms with Gasteiger partial charge in [0.15, 0.2) is 6.10 Å². The molecule has 3 rings (SSSR count). The van der Waals surface area contributed by atoms with Crippen molar-refractivity contribution >= 4 is 23.4 Å². The Labute approximate surface area is 181 Å². The van der Waals surface area contributed by atoms with Crippen molar-refractivity contribution < 1.29 is 24.2 Å². The van der Waals surface area contributed by atoms with Gasteiger partial charge in [-0.3, -0.25) is 14.4 Å². The van der Waals surface area contributed by atoms with Gasteiger partial charge in [-0.1, -0.05) is 6.07 Å². The molecule has 1 fully saturated rings. The van der Waals surface area contributed by atoms with Crippen LogP contribution in [0.2, 0.25) is 0 Å². The Balaban J connectivity index is 1.48. The summed E-state index contributed by atoms with van der Waals surface area (Å²) in [5.41, 5.74) is 1.10. The molecule has 1 saturated heterocycles. The van der Waals surface area contributed by atoms with Crippen LogP contribution in [0.3, 0.4) is 0 Å². The van der Waals surface area contributed by atoms with Crippen molar-refractivity contribution in [3.05, 3.63) is 54.1 Å². The van der Waals surface area contributed by atoms with E-state index in [1.54, 1.807) is 48.2 Å². The van der Waals surface area contributed by atoms with Crippen LogP contribution < -0.4 is 15.4 Å². The van der Waals surface area contributed by atoms with E-state index in [1.165, 1.54) is 19.1 Å². The molecule has 8 nitrogen and oxygen atoms in total. The highest BCUT2D eigenvalue weighted by Gasteiger charge is 2.26. The molecule has 0 saturated carbocycles. The monoisotopic (exact) mass is 425 g/mol. The molecule has 0 spiro atoms. The number of phenols is 1. The molecule has 0 aromatic heterocycles. The molecule has 31 heavy (non-hydrogen) atoms. The third-order valence-electron chi connectivity index (χ3n) is 5.08. The number of rotatable bonds is 6. The first-order valence-electron chi connectivity index (χ1n) is 10.2. The summed E-state index contributed by atoms with van der Waals surface area (Å²) >= 11 is 0. The van der Waals surface area contributed by atoms with E-state index in [1.807, 2.05) is 0 Å². The Morgan fingerprint density at radius 2 is 1.77 bits per heavy atom. The minimum atomic E-state index is -0.680. The summed E-state index contributed by atoms with van der Waals surface area (Å²) in [5, 5.41) is 15.0. The lowest BCUT2D eigenvalue weighted by Crippen LogP contribution is -2.49. The molecule has 2 aromatic rings. The van der Waals surface area contributed by atoms with E-state index in [4.69, 9.17) is 4.74 Å². The van der Waals surface area contributed by atoms with Gasteiger partial charge in [0.2, 0.25) is 5.91 Å². The van der Waals surface area contributed by atoms with Crippen LogP contribution in [0, 0.1) is 0 Å². The molecule has 0 bridgehead atoms. The van der Waals surface area contributed by atoms with Crippen LogP contribution >= 0.6 is 0 Å². The van der Waals surface area contributed by atoms with Crippen LogP contribution in [-0.4, -0.2) is 53.0 Å². The number of carbonyl (C=O) groups is 3. The van der Waals surface area contributed by atoms with Gasteiger partial charge in [-0.2, -0.15) is 0 Å². The van der Waals surface area contributed by atoms with Crippen LogP contribution in [0.15, 0.2) is 48.5 Å². The number of carbonyl (C=O) groups excluding carboxylic acids is 3. The van der Waals surface area contributed by atoms with E-state index < -0.39 is 6.10 Å². The predicted molar refractivity (Wildman–Crippen MR) is 116 cm³/mol. The maximum absolute atomic E-state index is 12.8. The number of nitrogens with one attached hydrogen (secondary N) is 2. The number of aromatic hydroxyl groups is 1. The van der Waals surface area contributed by atoms with Gasteiger partial charge < -0.3 is 25.4 Å². The van der Waals surface area contributed by atoms with E-state index in [0.717, 1.165) is 0 Å². The zero-order valence-electron chi connectivity index (χ0n) is 17.6. The zero-order chi connectivity index (χ0) is 22.4. The van der Waals surface area contributed by atoms with Crippen molar-refractivity contribution in [1.82, 2.24) is 10.2 Å². The molecule has 2 aromatic carbocycles. The third-order valence-corrected chi connectivity index (χ3v) is 5.08. The van der Waals surface area contributed by atoms with Gasteiger partial charge in [0.25, 0.3) is 11.8 Å². The molecule has 164 valence electrons. The average molecular weight is 425 g/mol. The van der Waals surface area contributed by atoms with E-state index in [2.05, 4.69) is 10.6 Å². The molecule has 8 heteroatoms. The quantitative estimate of drug-likeness (QED) is 0.659. The van der Waals surface area contributed by atoms with Gasteiger partial charge >= 0.3 is 0 Å². The maximum atomic E-state index is 12.8. The van der Waals surface area contributed by atoms with Crippen molar-refractivity contribution in [2.45, 2.75) is 38.8 Å². The number of benzene rings is 2. The molecule has 1 aliphatic heterocycles. The normalized spacial score (nSPS) is 15.1. The van der Waals surface area contributed by atoms with E-state index >= 15 is 0 Å². The average Bonchev–Trinajstić information content (AvgIpc) is 2.75. The second-order valence-electron chi connectivity index (χ2n) is 7.59. The molecule has 1 aliphatic rings. The first-order chi connectivity index (χ1) is 14.8. The standard InChI is InChI=1S/C23H27N3O5/c1-15(31-21-8-6-20(28)7-9-21)22(29)25-18-10-12-26(13-11-18)23(30)17-4-3-5-19(14-17)24-16(2)27/h3-9,14-15,18,28H,10-13H2,1-2H3,(H,24,27)(H,25,29). The Kier molecular flexibility index (Phi) is 7.12. The van der Waals surface area contributed by atoms with Crippen molar-refractivity contribution in [2.24, 2.45) is 0 Å². The summed E-state index contributed by atoms with van der Waals surface area (Å²) in [6.45, 7) is 4.15. The Hall–Kier alpha value is -3.55. The molecular formula is C23H27N3O5. The largest absolute Gasteiger partial charge is 0.508 e. The summed E-state index contributed by atoms with van der Waals surface area (Å²) < 4.78 is 5.61. The Morgan fingerprint density at radius 1 is 1.10 bits per heavy atom. The SMILES string of the molecule is CC(=O)Nc1cccc(C(=O)N2CCC(NC(=O)C(C)Oc3ccc(O)cc3)CC2)c1. The van der Waals surface area contributed by atoms with Crippen LogP contribution in [0.1, 0.15) is 37.0 Å². The van der Waals surface area contributed by atoms with Crippen molar-refractivity contribution in [1.29, 1.82) is 0 Å². The molecule has 0 aliphatic carbocycles. The fraction of sp³-hybridized carbons (Fsp3) is 0.348. The highest BCUT2D eigenvalue weighted by atomic mass is 16.5. The summed E-state index contributed by atoms with van der Waals surface area (Å²) in [4.78, 5) is 38.2.